The van der Waals surface area contributed by atoms with E-state index in [1.54, 1.807) is 24.3 Å². The van der Waals surface area contributed by atoms with Gasteiger partial charge in [-0.3, -0.25) is 4.79 Å². The number of methoxy groups -OCH3 is 1. The smallest absolute Gasteiger partial charge is 0.340 e. The number of H-pyrrole nitrogens is 1. The molecule has 0 unspecified atom stereocenters. The summed E-state index contributed by atoms with van der Waals surface area (Å²) in [4.78, 5) is 31.1. The van der Waals surface area contributed by atoms with Crippen LogP contribution in [0.2, 0.25) is 0 Å². The van der Waals surface area contributed by atoms with Crippen LogP contribution in [0.3, 0.4) is 0 Å². The highest BCUT2D eigenvalue weighted by Gasteiger charge is 2.14. The molecule has 0 aliphatic heterocycles. The molecule has 0 fully saturated rings. The quantitative estimate of drug-likeness (QED) is 0.566. The van der Waals surface area contributed by atoms with E-state index in [0.29, 0.717) is 29.1 Å². The zero-order valence-electron chi connectivity index (χ0n) is 14.0. The van der Waals surface area contributed by atoms with Crippen LogP contribution in [-0.4, -0.2) is 29.0 Å². The molecule has 3 aromatic rings. The first-order valence-corrected chi connectivity index (χ1v) is 8.00. The molecule has 6 heteroatoms. The summed E-state index contributed by atoms with van der Waals surface area (Å²) in [6.07, 6.45) is 1.14. The highest BCUT2D eigenvalue weighted by atomic mass is 16.5. The Morgan fingerprint density at radius 2 is 1.88 bits per heavy atom. The molecule has 0 aliphatic carbocycles. The van der Waals surface area contributed by atoms with Crippen LogP contribution in [-0.2, 0) is 9.53 Å². The molecular formula is C19H18N2O4. The molecule has 0 saturated carbocycles. The molecule has 1 aromatic heterocycles. The molecule has 0 saturated heterocycles. The molecule has 1 N–H and O–H groups in total. The maximum Gasteiger partial charge on any atom is 0.340 e. The van der Waals surface area contributed by atoms with Gasteiger partial charge in [-0.2, -0.15) is 0 Å². The summed E-state index contributed by atoms with van der Waals surface area (Å²) in [7, 11) is 1.34. The van der Waals surface area contributed by atoms with Gasteiger partial charge in [0.15, 0.2) is 0 Å². The Kier molecular flexibility index (Phi) is 4.79. The van der Waals surface area contributed by atoms with Gasteiger partial charge in [-0.1, -0.05) is 13.0 Å². The van der Waals surface area contributed by atoms with Crippen LogP contribution >= 0.6 is 0 Å². The molecule has 0 radical (unpaired) electrons. The summed E-state index contributed by atoms with van der Waals surface area (Å²) < 4.78 is 10.0. The van der Waals surface area contributed by atoms with Crippen LogP contribution in [0.25, 0.3) is 22.4 Å². The number of hydrogen-bond donors (Lipinski definition) is 1. The summed E-state index contributed by atoms with van der Waals surface area (Å²) in [6, 6.07) is 12.4. The van der Waals surface area contributed by atoms with Crippen molar-refractivity contribution < 1.29 is 19.1 Å². The fourth-order valence-corrected chi connectivity index (χ4v) is 2.51. The lowest BCUT2D eigenvalue weighted by Crippen LogP contribution is -2.06. The van der Waals surface area contributed by atoms with Gasteiger partial charge in [0, 0.05) is 12.0 Å². The van der Waals surface area contributed by atoms with Crippen molar-refractivity contribution >= 4 is 23.0 Å². The number of carbonyl (C=O) groups is 2. The van der Waals surface area contributed by atoms with E-state index in [1.165, 1.54) is 7.11 Å². The SMILES string of the molecule is CCCC(=O)Oc1ccc(-c2nc3c(C(=O)OC)cccc3[nH]2)cc1. The molecule has 0 atom stereocenters. The third-order valence-corrected chi connectivity index (χ3v) is 3.73. The van der Waals surface area contributed by atoms with E-state index in [9.17, 15) is 9.59 Å². The molecular weight excluding hydrogens is 320 g/mol. The van der Waals surface area contributed by atoms with Gasteiger partial charge < -0.3 is 14.5 Å². The van der Waals surface area contributed by atoms with Crippen molar-refractivity contribution in [2.45, 2.75) is 19.8 Å². The van der Waals surface area contributed by atoms with E-state index in [0.717, 1.165) is 17.5 Å². The third kappa shape index (κ3) is 3.52. The lowest BCUT2D eigenvalue weighted by molar-refractivity contribution is -0.134. The molecule has 2 aromatic carbocycles. The number of rotatable bonds is 5. The summed E-state index contributed by atoms with van der Waals surface area (Å²) >= 11 is 0. The van der Waals surface area contributed by atoms with Gasteiger partial charge in [0.1, 0.15) is 17.1 Å². The number of aromatic amines is 1. The molecule has 128 valence electrons. The van der Waals surface area contributed by atoms with Gasteiger partial charge >= 0.3 is 11.9 Å². The Morgan fingerprint density at radius 1 is 1.12 bits per heavy atom. The normalized spacial score (nSPS) is 10.6. The number of imidazole rings is 1. The maximum atomic E-state index is 11.8. The fraction of sp³-hybridized carbons (Fsp3) is 0.211. The molecule has 25 heavy (non-hydrogen) atoms. The predicted octanol–water partition coefficient (Wildman–Crippen LogP) is 3.72. The van der Waals surface area contributed by atoms with Crippen molar-refractivity contribution in [3.8, 4) is 17.1 Å². The van der Waals surface area contributed by atoms with E-state index >= 15 is 0 Å². The predicted molar refractivity (Wildman–Crippen MR) is 93.4 cm³/mol. The molecule has 0 aliphatic rings. The second-order valence-corrected chi connectivity index (χ2v) is 5.53. The summed E-state index contributed by atoms with van der Waals surface area (Å²) in [5.41, 5.74) is 2.54. The number of aromatic nitrogens is 2. The lowest BCUT2D eigenvalue weighted by Gasteiger charge is -2.04. The summed E-state index contributed by atoms with van der Waals surface area (Å²) in [5, 5.41) is 0. The number of hydrogen-bond acceptors (Lipinski definition) is 5. The largest absolute Gasteiger partial charge is 0.465 e. The molecule has 6 nitrogen and oxygen atoms in total. The Bertz CT molecular complexity index is 913. The van der Waals surface area contributed by atoms with Crippen molar-refractivity contribution in [1.29, 1.82) is 0 Å². The molecule has 1 heterocycles. The lowest BCUT2D eigenvalue weighted by atomic mass is 10.2. The van der Waals surface area contributed by atoms with Gasteiger partial charge in [-0.05, 0) is 42.8 Å². The number of nitrogens with zero attached hydrogens (tertiary/aromatic N) is 1. The van der Waals surface area contributed by atoms with Crippen LogP contribution in [0.1, 0.15) is 30.1 Å². The monoisotopic (exact) mass is 338 g/mol. The van der Waals surface area contributed by atoms with Crippen molar-refractivity contribution in [2.24, 2.45) is 0 Å². The molecule has 0 spiro atoms. The Labute approximate surface area is 144 Å². The van der Waals surface area contributed by atoms with Crippen LogP contribution in [0.4, 0.5) is 0 Å². The van der Waals surface area contributed by atoms with Crippen molar-refractivity contribution in [3.63, 3.8) is 0 Å². The highest BCUT2D eigenvalue weighted by molar-refractivity contribution is 6.02. The average molecular weight is 338 g/mol. The van der Waals surface area contributed by atoms with E-state index in [-0.39, 0.29) is 5.97 Å². The highest BCUT2D eigenvalue weighted by Crippen LogP contribution is 2.25. The maximum absolute atomic E-state index is 11.8. The standard InChI is InChI=1S/C19H18N2O4/c1-3-5-16(22)25-13-10-8-12(9-11-13)18-20-15-7-4-6-14(17(15)21-18)19(23)24-2/h4,6-11H,3,5H2,1-2H3,(H,20,21). The molecule has 0 bridgehead atoms. The first-order valence-electron chi connectivity index (χ1n) is 8.00. The van der Waals surface area contributed by atoms with Gasteiger partial charge in [0.05, 0.1) is 18.2 Å². The van der Waals surface area contributed by atoms with Gasteiger partial charge in [0.25, 0.3) is 0 Å². The van der Waals surface area contributed by atoms with Gasteiger partial charge in [-0.25, -0.2) is 9.78 Å². The fourth-order valence-electron chi connectivity index (χ4n) is 2.51. The van der Waals surface area contributed by atoms with Crippen molar-refractivity contribution in [3.05, 3.63) is 48.0 Å². The second kappa shape index (κ2) is 7.17. The van der Waals surface area contributed by atoms with Crippen molar-refractivity contribution in [1.82, 2.24) is 9.97 Å². The minimum absolute atomic E-state index is 0.248. The molecule has 3 rings (SSSR count). The topological polar surface area (TPSA) is 81.3 Å². The van der Waals surface area contributed by atoms with Crippen molar-refractivity contribution in [2.75, 3.05) is 7.11 Å². The van der Waals surface area contributed by atoms with Crippen LogP contribution < -0.4 is 4.74 Å². The van der Waals surface area contributed by atoms with Crippen LogP contribution in [0.15, 0.2) is 42.5 Å². The van der Waals surface area contributed by atoms with Gasteiger partial charge in [0.2, 0.25) is 0 Å². The first kappa shape index (κ1) is 16.7. The third-order valence-electron chi connectivity index (χ3n) is 3.73. The van der Waals surface area contributed by atoms with Gasteiger partial charge in [-0.15, -0.1) is 0 Å². The number of esters is 2. The van der Waals surface area contributed by atoms with E-state index < -0.39 is 5.97 Å². The minimum atomic E-state index is -0.429. The van der Waals surface area contributed by atoms with E-state index in [4.69, 9.17) is 9.47 Å². The van der Waals surface area contributed by atoms with E-state index in [2.05, 4.69) is 9.97 Å². The second-order valence-electron chi connectivity index (χ2n) is 5.53. The number of fused-ring (bicyclic) bond motifs is 1. The number of carbonyl (C=O) groups excluding carboxylic acids is 2. The molecule has 0 amide bonds. The Balaban J connectivity index is 1.89. The Hall–Kier alpha value is -3.15. The number of para-hydroxylation sites is 1. The average Bonchev–Trinajstić information content (AvgIpc) is 3.06. The minimum Gasteiger partial charge on any atom is -0.465 e. The Morgan fingerprint density at radius 3 is 2.56 bits per heavy atom. The first-order chi connectivity index (χ1) is 12.1. The summed E-state index contributed by atoms with van der Waals surface area (Å²) in [6.45, 7) is 1.93. The zero-order valence-corrected chi connectivity index (χ0v) is 14.0. The number of benzene rings is 2. The van der Waals surface area contributed by atoms with Crippen LogP contribution in [0.5, 0.6) is 5.75 Å². The zero-order chi connectivity index (χ0) is 17.8. The van der Waals surface area contributed by atoms with E-state index in [1.807, 2.05) is 25.1 Å². The van der Waals surface area contributed by atoms with Crippen LogP contribution in [0, 0.1) is 0 Å². The number of ether oxygens (including phenoxy) is 2. The summed E-state index contributed by atoms with van der Waals surface area (Å²) in [5.74, 6) is 0.440. The number of nitrogens with one attached hydrogen (secondary N) is 1.